The van der Waals surface area contributed by atoms with Crippen molar-refractivity contribution in [1.29, 1.82) is 0 Å². The first-order valence-electron chi connectivity index (χ1n) is 12.6. The molecule has 0 aromatic heterocycles. The van der Waals surface area contributed by atoms with Crippen LogP contribution in [0, 0.1) is 33.8 Å². The van der Waals surface area contributed by atoms with Crippen molar-refractivity contribution >= 4 is 17.7 Å². The number of ether oxygens (including phenoxy) is 1. The predicted molar refractivity (Wildman–Crippen MR) is 131 cm³/mol. The monoisotopic (exact) mass is 493 g/mol. The molecule has 1 saturated heterocycles. The SMILES string of the molecule is O=C(OCc1ccc([N+](=O)[O-])cc1)N1CC2C(CNC(=O)C(O)(c3ccccc3)C3CCCC3)C2C1. The van der Waals surface area contributed by atoms with E-state index >= 15 is 0 Å². The second-order valence-electron chi connectivity index (χ2n) is 10.2. The number of likely N-dealkylation sites (tertiary alicyclic amines) is 1. The first-order valence-corrected chi connectivity index (χ1v) is 12.6. The van der Waals surface area contributed by atoms with Crippen LogP contribution in [-0.4, -0.2) is 46.6 Å². The maximum absolute atomic E-state index is 13.3. The lowest BCUT2D eigenvalue weighted by Crippen LogP contribution is -2.49. The second kappa shape index (κ2) is 9.89. The number of amides is 2. The molecular formula is C27H31N3O6. The molecule has 2 saturated carbocycles. The van der Waals surface area contributed by atoms with Crippen molar-refractivity contribution < 1.29 is 24.4 Å². The summed E-state index contributed by atoms with van der Waals surface area (Å²) in [5.74, 6) is 0.503. The molecule has 3 atom stereocenters. The first-order chi connectivity index (χ1) is 17.4. The zero-order valence-electron chi connectivity index (χ0n) is 20.0. The van der Waals surface area contributed by atoms with Gasteiger partial charge < -0.3 is 20.1 Å². The van der Waals surface area contributed by atoms with E-state index in [0.29, 0.717) is 42.6 Å². The standard InChI is InChI=1S/C27H31N3O6/c31-25(27(33,20-8-4-5-9-20)19-6-2-1-3-7-19)28-14-22-23-15-29(16-24(22)23)26(32)36-17-18-10-12-21(13-11-18)30(34)35/h1-3,6-7,10-13,20,22-24,33H,4-5,8-9,14-17H2,(H,28,31). The van der Waals surface area contributed by atoms with Crippen molar-refractivity contribution in [2.75, 3.05) is 19.6 Å². The molecule has 2 aromatic rings. The van der Waals surface area contributed by atoms with Gasteiger partial charge in [-0.2, -0.15) is 0 Å². The highest BCUT2D eigenvalue weighted by atomic mass is 16.6. The fourth-order valence-electron chi connectivity index (χ4n) is 5.98. The number of aliphatic hydroxyl groups is 1. The van der Waals surface area contributed by atoms with Crippen LogP contribution in [-0.2, 0) is 21.7 Å². The van der Waals surface area contributed by atoms with Crippen LogP contribution < -0.4 is 5.32 Å². The number of carbonyl (C=O) groups excluding carboxylic acids is 2. The quantitative estimate of drug-likeness (QED) is 0.428. The van der Waals surface area contributed by atoms with E-state index in [1.165, 1.54) is 12.1 Å². The lowest BCUT2D eigenvalue weighted by molar-refractivity contribution is -0.384. The highest BCUT2D eigenvalue weighted by Crippen LogP contribution is 2.51. The molecule has 1 heterocycles. The van der Waals surface area contributed by atoms with Gasteiger partial charge in [0.25, 0.3) is 11.6 Å². The average Bonchev–Trinajstić information content (AvgIpc) is 3.29. The van der Waals surface area contributed by atoms with E-state index in [4.69, 9.17) is 4.74 Å². The minimum atomic E-state index is -1.52. The number of benzene rings is 2. The number of rotatable bonds is 8. The third kappa shape index (κ3) is 4.67. The minimum Gasteiger partial charge on any atom is -0.445 e. The summed E-state index contributed by atoms with van der Waals surface area (Å²) in [4.78, 5) is 37.7. The van der Waals surface area contributed by atoms with E-state index in [9.17, 15) is 24.8 Å². The van der Waals surface area contributed by atoms with Crippen molar-refractivity contribution in [1.82, 2.24) is 10.2 Å². The smallest absolute Gasteiger partial charge is 0.410 e. The normalized spacial score (nSPS) is 24.6. The lowest BCUT2D eigenvalue weighted by atomic mass is 9.79. The molecular weight excluding hydrogens is 462 g/mol. The zero-order valence-corrected chi connectivity index (χ0v) is 20.0. The van der Waals surface area contributed by atoms with Gasteiger partial charge in [0.1, 0.15) is 6.61 Å². The predicted octanol–water partition coefficient (Wildman–Crippen LogP) is 3.60. The summed E-state index contributed by atoms with van der Waals surface area (Å²) in [6.07, 6.45) is 3.32. The molecule has 190 valence electrons. The van der Waals surface area contributed by atoms with Gasteiger partial charge in [0, 0.05) is 37.7 Å². The van der Waals surface area contributed by atoms with Gasteiger partial charge in [-0.05, 0) is 53.9 Å². The number of nitrogens with zero attached hydrogens (tertiary/aromatic N) is 2. The van der Waals surface area contributed by atoms with E-state index in [1.54, 1.807) is 17.0 Å². The molecule has 3 unspecified atom stereocenters. The van der Waals surface area contributed by atoms with Crippen LogP contribution in [0.4, 0.5) is 10.5 Å². The van der Waals surface area contributed by atoms with Crippen LogP contribution in [0.25, 0.3) is 0 Å². The molecule has 2 aliphatic carbocycles. The Bertz CT molecular complexity index is 1110. The Morgan fingerprint density at radius 1 is 1.06 bits per heavy atom. The van der Waals surface area contributed by atoms with E-state index in [2.05, 4.69) is 5.32 Å². The average molecular weight is 494 g/mol. The van der Waals surface area contributed by atoms with Gasteiger partial charge in [0.15, 0.2) is 5.60 Å². The summed E-state index contributed by atoms with van der Waals surface area (Å²) in [5, 5.41) is 25.4. The summed E-state index contributed by atoms with van der Waals surface area (Å²) in [6, 6.07) is 15.2. The Hall–Kier alpha value is -3.46. The number of hydrogen-bond acceptors (Lipinski definition) is 6. The fourth-order valence-corrected chi connectivity index (χ4v) is 5.98. The van der Waals surface area contributed by atoms with Crippen LogP contribution in [0.1, 0.15) is 36.8 Å². The molecule has 2 N–H and O–H groups in total. The molecule has 3 aliphatic rings. The van der Waals surface area contributed by atoms with Gasteiger partial charge >= 0.3 is 6.09 Å². The van der Waals surface area contributed by atoms with Crippen LogP contribution in [0.5, 0.6) is 0 Å². The molecule has 0 spiro atoms. The first kappa shape index (κ1) is 24.2. The summed E-state index contributed by atoms with van der Waals surface area (Å²) in [6.45, 7) is 1.70. The number of hydrogen-bond donors (Lipinski definition) is 2. The number of carbonyl (C=O) groups is 2. The van der Waals surface area contributed by atoms with Gasteiger partial charge in [-0.3, -0.25) is 14.9 Å². The van der Waals surface area contributed by atoms with Crippen molar-refractivity contribution in [3.05, 3.63) is 75.8 Å². The number of nitro benzene ring substituents is 1. The molecule has 2 aromatic carbocycles. The molecule has 9 heteroatoms. The van der Waals surface area contributed by atoms with Gasteiger partial charge in [0.2, 0.25) is 0 Å². The van der Waals surface area contributed by atoms with E-state index < -0.39 is 16.6 Å². The van der Waals surface area contributed by atoms with Crippen molar-refractivity contribution in [3.63, 3.8) is 0 Å². The minimum absolute atomic E-state index is 0.00621. The second-order valence-corrected chi connectivity index (χ2v) is 10.2. The Morgan fingerprint density at radius 3 is 2.31 bits per heavy atom. The Labute approximate surface area is 209 Å². The highest BCUT2D eigenvalue weighted by molar-refractivity contribution is 5.86. The molecule has 2 amide bonds. The Kier molecular flexibility index (Phi) is 6.66. The molecule has 0 bridgehead atoms. The summed E-state index contributed by atoms with van der Waals surface area (Å²) >= 11 is 0. The van der Waals surface area contributed by atoms with E-state index in [0.717, 1.165) is 25.7 Å². The summed E-state index contributed by atoms with van der Waals surface area (Å²) in [7, 11) is 0. The number of piperidine rings is 1. The van der Waals surface area contributed by atoms with Crippen LogP contribution >= 0.6 is 0 Å². The topological polar surface area (TPSA) is 122 Å². The number of fused-ring (bicyclic) bond motifs is 1. The fraction of sp³-hybridized carbons (Fsp3) is 0.481. The zero-order chi connectivity index (χ0) is 25.3. The van der Waals surface area contributed by atoms with Crippen LogP contribution in [0.3, 0.4) is 0 Å². The van der Waals surface area contributed by atoms with E-state index in [-0.39, 0.29) is 30.0 Å². The van der Waals surface area contributed by atoms with Crippen molar-refractivity contribution in [2.45, 2.75) is 37.9 Å². The maximum atomic E-state index is 13.3. The number of nitro groups is 1. The van der Waals surface area contributed by atoms with Crippen molar-refractivity contribution in [3.8, 4) is 0 Å². The third-order valence-electron chi connectivity index (χ3n) is 8.14. The van der Waals surface area contributed by atoms with Crippen molar-refractivity contribution in [2.24, 2.45) is 23.7 Å². The Morgan fingerprint density at radius 2 is 1.69 bits per heavy atom. The molecule has 0 radical (unpaired) electrons. The molecule has 9 nitrogen and oxygen atoms in total. The van der Waals surface area contributed by atoms with Gasteiger partial charge in [-0.25, -0.2) is 4.79 Å². The van der Waals surface area contributed by atoms with Gasteiger partial charge in [-0.1, -0.05) is 43.2 Å². The van der Waals surface area contributed by atoms with Crippen LogP contribution in [0.2, 0.25) is 0 Å². The molecule has 36 heavy (non-hydrogen) atoms. The van der Waals surface area contributed by atoms with Gasteiger partial charge in [0.05, 0.1) is 4.92 Å². The summed E-state index contributed by atoms with van der Waals surface area (Å²) in [5.41, 5.74) is -0.192. The summed E-state index contributed by atoms with van der Waals surface area (Å²) < 4.78 is 5.38. The van der Waals surface area contributed by atoms with E-state index in [1.807, 2.05) is 30.3 Å². The lowest BCUT2D eigenvalue weighted by Gasteiger charge is -2.33. The van der Waals surface area contributed by atoms with Crippen LogP contribution in [0.15, 0.2) is 54.6 Å². The molecule has 3 fully saturated rings. The number of nitrogens with one attached hydrogen (secondary N) is 1. The molecule has 5 rings (SSSR count). The highest BCUT2D eigenvalue weighted by Gasteiger charge is 2.57. The molecule has 1 aliphatic heterocycles. The Balaban J connectivity index is 1.10. The number of non-ortho nitro benzene ring substituents is 1. The van der Waals surface area contributed by atoms with Gasteiger partial charge in [-0.15, -0.1) is 0 Å². The largest absolute Gasteiger partial charge is 0.445 e. The third-order valence-corrected chi connectivity index (χ3v) is 8.14. The maximum Gasteiger partial charge on any atom is 0.410 e.